The Hall–Kier alpha value is -3.03. The van der Waals surface area contributed by atoms with Crippen LogP contribution in [0.1, 0.15) is 23.0 Å². The summed E-state index contributed by atoms with van der Waals surface area (Å²) in [6, 6.07) is 13.7. The molecule has 1 amide bonds. The first-order valence-corrected chi connectivity index (χ1v) is 10.0. The molecule has 0 aliphatic carbocycles. The van der Waals surface area contributed by atoms with Gasteiger partial charge in [0.2, 0.25) is 5.91 Å². The van der Waals surface area contributed by atoms with Crippen molar-refractivity contribution in [3.8, 4) is 5.82 Å². The number of nitrogens with one attached hydrogen (secondary N) is 1. The Bertz CT molecular complexity index is 1130. The van der Waals surface area contributed by atoms with Crippen LogP contribution in [-0.2, 0) is 16.0 Å². The van der Waals surface area contributed by atoms with E-state index in [0.29, 0.717) is 18.7 Å². The van der Waals surface area contributed by atoms with Gasteiger partial charge in [-0.3, -0.25) is 9.36 Å². The van der Waals surface area contributed by atoms with Gasteiger partial charge in [-0.2, -0.15) is 0 Å². The molecule has 0 bridgehead atoms. The summed E-state index contributed by atoms with van der Waals surface area (Å²) in [5.74, 6) is 0.680. The standard InChI is InChI=1S/C21H18N4O2S/c26-20(11-18-21-14(7-9-27-18)8-10-28-21)24-15-5-6-19(22-12-15)25-13-23-16-3-1-2-4-17(16)25/h1-6,8,10,12-13,18H,7,9,11H2,(H,24,26). The highest BCUT2D eigenvalue weighted by Gasteiger charge is 2.24. The molecule has 0 saturated heterocycles. The van der Waals surface area contributed by atoms with Crippen molar-refractivity contribution in [3.63, 3.8) is 0 Å². The van der Waals surface area contributed by atoms with Gasteiger partial charge in [0.1, 0.15) is 18.2 Å². The summed E-state index contributed by atoms with van der Waals surface area (Å²) in [6.45, 7) is 0.663. The predicted octanol–water partition coefficient (Wildman–Crippen LogP) is 4.12. The normalized spacial score (nSPS) is 16.1. The molecular formula is C21H18N4O2S. The minimum absolute atomic E-state index is 0.0751. The Morgan fingerprint density at radius 3 is 3.04 bits per heavy atom. The van der Waals surface area contributed by atoms with Crippen molar-refractivity contribution >= 4 is 34.0 Å². The molecule has 28 heavy (non-hydrogen) atoms. The van der Waals surface area contributed by atoms with Crippen molar-refractivity contribution < 1.29 is 9.53 Å². The second kappa shape index (κ2) is 7.18. The molecule has 1 N–H and O–H groups in total. The van der Waals surface area contributed by atoms with Gasteiger partial charge < -0.3 is 10.1 Å². The van der Waals surface area contributed by atoms with Gasteiger partial charge in [-0.05, 0) is 47.7 Å². The van der Waals surface area contributed by atoms with Gasteiger partial charge in [-0.1, -0.05) is 12.1 Å². The zero-order chi connectivity index (χ0) is 18.9. The van der Waals surface area contributed by atoms with Crippen molar-refractivity contribution in [1.29, 1.82) is 0 Å². The smallest absolute Gasteiger partial charge is 0.227 e. The third-order valence-corrected chi connectivity index (χ3v) is 5.92. The van der Waals surface area contributed by atoms with E-state index >= 15 is 0 Å². The maximum atomic E-state index is 12.5. The number of aromatic nitrogens is 3. The zero-order valence-electron chi connectivity index (χ0n) is 15.0. The quantitative estimate of drug-likeness (QED) is 0.569. The SMILES string of the molecule is O=C(CC1OCCc2ccsc21)Nc1ccc(-n2cnc3ccccc32)nc1. The van der Waals surface area contributed by atoms with Crippen LogP contribution >= 0.6 is 11.3 Å². The lowest BCUT2D eigenvalue weighted by Gasteiger charge is -2.22. The number of amides is 1. The third-order valence-electron chi connectivity index (χ3n) is 4.87. The number of para-hydroxylation sites is 2. The van der Waals surface area contributed by atoms with Crippen LogP contribution in [0.5, 0.6) is 0 Å². The molecule has 7 heteroatoms. The lowest BCUT2D eigenvalue weighted by molar-refractivity contribution is -0.119. The number of benzene rings is 1. The summed E-state index contributed by atoms with van der Waals surface area (Å²) >= 11 is 1.66. The molecular weight excluding hydrogens is 372 g/mol. The Kier molecular flexibility index (Phi) is 4.38. The first-order valence-electron chi connectivity index (χ1n) is 9.14. The second-order valence-corrected chi connectivity index (χ2v) is 7.63. The van der Waals surface area contributed by atoms with Gasteiger partial charge in [-0.25, -0.2) is 9.97 Å². The number of pyridine rings is 1. The minimum Gasteiger partial charge on any atom is -0.372 e. The highest BCUT2D eigenvalue weighted by atomic mass is 32.1. The van der Waals surface area contributed by atoms with Gasteiger partial charge in [0.05, 0.1) is 35.9 Å². The van der Waals surface area contributed by atoms with Crippen molar-refractivity contribution in [3.05, 3.63) is 70.8 Å². The lowest BCUT2D eigenvalue weighted by Crippen LogP contribution is -2.21. The number of anilines is 1. The fourth-order valence-corrected chi connectivity index (χ4v) is 4.50. The summed E-state index contributed by atoms with van der Waals surface area (Å²) in [6.07, 6.45) is 4.49. The maximum absolute atomic E-state index is 12.5. The van der Waals surface area contributed by atoms with Crippen LogP contribution in [0.15, 0.2) is 60.4 Å². The second-order valence-electron chi connectivity index (χ2n) is 6.68. The van der Waals surface area contributed by atoms with E-state index in [-0.39, 0.29) is 12.0 Å². The van der Waals surface area contributed by atoms with E-state index in [1.807, 2.05) is 41.0 Å². The molecule has 1 aliphatic heterocycles. The van der Waals surface area contributed by atoms with E-state index in [9.17, 15) is 4.79 Å². The van der Waals surface area contributed by atoms with E-state index in [2.05, 4.69) is 26.7 Å². The number of hydrogen-bond donors (Lipinski definition) is 1. The Labute approximate surface area is 165 Å². The summed E-state index contributed by atoms with van der Waals surface area (Å²) in [4.78, 5) is 22.5. The Morgan fingerprint density at radius 1 is 1.21 bits per heavy atom. The Morgan fingerprint density at radius 2 is 2.14 bits per heavy atom. The first-order chi connectivity index (χ1) is 13.8. The number of thiophene rings is 1. The fraction of sp³-hybridized carbons (Fsp3) is 0.190. The molecule has 1 aliphatic rings. The summed E-state index contributed by atoms with van der Waals surface area (Å²) in [5.41, 5.74) is 3.88. The number of nitrogens with zero attached hydrogens (tertiary/aromatic N) is 3. The molecule has 1 unspecified atom stereocenters. The maximum Gasteiger partial charge on any atom is 0.227 e. The van der Waals surface area contributed by atoms with Crippen molar-refractivity contribution in [2.45, 2.75) is 18.9 Å². The van der Waals surface area contributed by atoms with E-state index in [4.69, 9.17) is 4.74 Å². The lowest BCUT2D eigenvalue weighted by atomic mass is 10.1. The highest BCUT2D eigenvalue weighted by molar-refractivity contribution is 7.10. The molecule has 0 spiro atoms. The van der Waals surface area contributed by atoms with Crippen LogP contribution in [0.3, 0.4) is 0 Å². The molecule has 0 radical (unpaired) electrons. The minimum atomic E-state index is -0.159. The van der Waals surface area contributed by atoms with Crippen molar-refractivity contribution in [2.75, 3.05) is 11.9 Å². The van der Waals surface area contributed by atoms with Crippen LogP contribution < -0.4 is 5.32 Å². The van der Waals surface area contributed by atoms with Gasteiger partial charge in [0, 0.05) is 4.88 Å². The van der Waals surface area contributed by atoms with Crippen LogP contribution in [0.25, 0.3) is 16.9 Å². The van der Waals surface area contributed by atoms with Gasteiger partial charge in [0.25, 0.3) is 0 Å². The van der Waals surface area contributed by atoms with Crippen LogP contribution in [0.4, 0.5) is 5.69 Å². The molecule has 0 saturated carbocycles. The van der Waals surface area contributed by atoms with Crippen molar-refractivity contribution in [1.82, 2.24) is 14.5 Å². The summed E-state index contributed by atoms with van der Waals surface area (Å²) < 4.78 is 7.73. The van der Waals surface area contributed by atoms with E-state index in [0.717, 1.165) is 23.3 Å². The molecule has 4 aromatic rings. The number of carbonyl (C=O) groups excluding carboxylic acids is 1. The molecule has 5 rings (SSSR count). The number of rotatable bonds is 4. The number of ether oxygens (including phenoxy) is 1. The topological polar surface area (TPSA) is 69.0 Å². The third kappa shape index (κ3) is 3.19. The van der Waals surface area contributed by atoms with Gasteiger partial charge in [-0.15, -0.1) is 11.3 Å². The molecule has 6 nitrogen and oxygen atoms in total. The first kappa shape index (κ1) is 17.1. The largest absolute Gasteiger partial charge is 0.372 e. The Balaban J connectivity index is 1.29. The summed E-state index contributed by atoms with van der Waals surface area (Å²) in [5, 5.41) is 4.98. The van der Waals surface area contributed by atoms with Crippen LogP contribution in [0, 0.1) is 0 Å². The van der Waals surface area contributed by atoms with Gasteiger partial charge >= 0.3 is 0 Å². The monoisotopic (exact) mass is 390 g/mol. The molecule has 1 atom stereocenters. The molecule has 0 fully saturated rings. The number of carbonyl (C=O) groups is 1. The molecule has 4 heterocycles. The highest BCUT2D eigenvalue weighted by Crippen LogP contribution is 2.34. The number of fused-ring (bicyclic) bond motifs is 2. The van der Waals surface area contributed by atoms with Crippen molar-refractivity contribution in [2.24, 2.45) is 0 Å². The fourth-order valence-electron chi connectivity index (χ4n) is 3.50. The zero-order valence-corrected chi connectivity index (χ0v) is 15.9. The summed E-state index contributed by atoms with van der Waals surface area (Å²) in [7, 11) is 0. The van der Waals surface area contributed by atoms with E-state index < -0.39 is 0 Å². The van der Waals surface area contributed by atoms with Gasteiger partial charge in [0.15, 0.2) is 0 Å². The van der Waals surface area contributed by atoms with Crippen LogP contribution in [0.2, 0.25) is 0 Å². The van der Waals surface area contributed by atoms with E-state index in [1.54, 1.807) is 23.9 Å². The molecule has 3 aromatic heterocycles. The average molecular weight is 390 g/mol. The predicted molar refractivity (Wildman–Crippen MR) is 109 cm³/mol. The number of hydrogen-bond acceptors (Lipinski definition) is 5. The molecule has 140 valence electrons. The van der Waals surface area contributed by atoms with Crippen LogP contribution in [-0.4, -0.2) is 27.0 Å². The van der Waals surface area contributed by atoms with E-state index in [1.165, 1.54) is 10.4 Å². The number of imidazole rings is 1. The molecule has 1 aromatic carbocycles. The average Bonchev–Trinajstić information content (AvgIpc) is 3.36.